The standard InChI is InChI=1S/C19H28FN3O2/c1-6-16-17(23(16)18(24)25-19(2,3)4)12-22(5)14-8-7-13(9-10-21)15(20)11-14/h6-8,11,17H,9-10,12,21H2,1-5H3/b16-6+. The number of hydrogen-bond acceptors (Lipinski definition) is 4. The second-order valence-corrected chi connectivity index (χ2v) is 7.27. The van der Waals surface area contributed by atoms with Crippen LogP contribution in [-0.4, -0.2) is 42.8 Å². The van der Waals surface area contributed by atoms with E-state index in [9.17, 15) is 9.18 Å². The van der Waals surface area contributed by atoms with Crippen molar-refractivity contribution in [2.24, 2.45) is 5.73 Å². The SMILES string of the molecule is C/C=C1\C(CN(C)c2ccc(CCN)c(F)c2)N1C(=O)OC(C)(C)C. The summed E-state index contributed by atoms with van der Waals surface area (Å²) in [7, 11) is 1.89. The minimum Gasteiger partial charge on any atom is -0.443 e. The van der Waals surface area contributed by atoms with E-state index >= 15 is 0 Å². The van der Waals surface area contributed by atoms with Crippen molar-refractivity contribution < 1.29 is 13.9 Å². The van der Waals surface area contributed by atoms with Crippen molar-refractivity contribution in [2.75, 3.05) is 25.0 Å². The summed E-state index contributed by atoms with van der Waals surface area (Å²) in [5, 5.41) is 0. The van der Waals surface area contributed by atoms with Gasteiger partial charge in [0, 0.05) is 25.0 Å². The Balaban J connectivity index is 2.04. The van der Waals surface area contributed by atoms with Crippen LogP contribution in [0.15, 0.2) is 30.0 Å². The van der Waals surface area contributed by atoms with Gasteiger partial charge in [-0.15, -0.1) is 0 Å². The maximum absolute atomic E-state index is 14.1. The lowest BCUT2D eigenvalue weighted by atomic mass is 10.1. The molecule has 2 N–H and O–H groups in total. The zero-order valence-corrected chi connectivity index (χ0v) is 15.7. The van der Waals surface area contributed by atoms with Gasteiger partial charge in [-0.05, 0) is 58.4 Å². The molecule has 1 fully saturated rings. The van der Waals surface area contributed by atoms with Gasteiger partial charge in [-0.25, -0.2) is 9.18 Å². The lowest BCUT2D eigenvalue weighted by molar-refractivity contribution is 0.0418. The molecule has 0 aromatic heterocycles. The quantitative estimate of drug-likeness (QED) is 0.829. The first kappa shape index (κ1) is 19.2. The van der Waals surface area contributed by atoms with Crippen molar-refractivity contribution in [1.29, 1.82) is 0 Å². The molecule has 1 saturated heterocycles. The molecule has 1 unspecified atom stereocenters. The summed E-state index contributed by atoms with van der Waals surface area (Å²) in [6.45, 7) is 8.43. The molecule has 0 spiro atoms. The predicted octanol–water partition coefficient (Wildman–Crippen LogP) is 3.29. The van der Waals surface area contributed by atoms with Crippen molar-refractivity contribution in [1.82, 2.24) is 4.90 Å². The predicted molar refractivity (Wildman–Crippen MR) is 98.0 cm³/mol. The molecule has 1 atom stereocenters. The second-order valence-electron chi connectivity index (χ2n) is 7.27. The lowest BCUT2D eigenvalue weighted by Gasteiger charge is -2.21. The highest BCUT2D eigenvalue weighted by molar-refractivity contribution is 5.77. The van der Waals surface area contributed by atoms with Crippen LogP contribution in [0, 0.1) is 5.82 Å². The molecule has 2 rings (SSSR count). The maximum Gasteiger partial charge on any atom is 0.415 e. The topological polar surface area (TPSA) is 58.6 Å². The molecule has 0 saturated carbocycles. The Morgan fingerprint density at radius 2 is 2.12 bits per heavy atom. The van der Waals surface area contributed by atoms with Gasteiger partial charge in [0.25, 0.3) is 0 Å². The molecule has 0 radical (unpaired) electrons. The van der Waals surface area contributed by atoms with E-state index in [4.69, 9.17) is 10.5 Å². The first-order valence-corrected chi connectivity index (χ1v) is 8.56. The van der Waals surface area contributed by atoms with Gasteiger partial charge >= 0.3 is 6.09 Å². The Morgan fingerprint density at radius 1 is 1.44 bits per heavy atom. The van der Waals surface area contributed by atoms with Crippen LogP contribution in [-0.2, 0) is 11.2 Å². The molecule has 0 bridgehead atoms. The van der Waals surface area contributed by atoms with Gasteiger partial charge in [0.2, 0.25) is 0 Å². The molecule has 138 valence electrons. The van der Waals surface area contributed by atoms with E-state index in [0.29, 0.717) is 25.1 Å². The van der Waals surface area contributed by atoms with Crippen LogP contribution in [0.3, 0.4) is 0 Å². The van der Waals surface area contributed by atoms with Gasteiger partial charge < -0.3 is 15.4 Å². The number of ether oxygens (including phenoxy) is 1. The highest BCUT2D eigenvalue weighted by Crippen LogP contribution is 2.36. The van der Waals surface area contributed by atoms with E-state index in [1.54, 1.807) is 11.0 Å². The largest absolute Gasteiger partial charge is 0.443 e. The van der Waals surface area contributed by atoms with Gasteiger partial charge in [-0.3, -0.25) is 4.90 Å². The number of carbonyl (C=O) groups excluding carboxylic acids is 1. The summed E-state index contributed by atoms with van der Waals surface area (Å²) in [5.74, 6) is -0.249. The number of carbonyl (C=O) groups is 1. The summed E-state index contributed by atoms with van der Waals surface area (Å²) in [5.41, 5.74) is 7.28. The third-order valence-electron chi connectivity index (χ3n) is 4.09. The fraction of sp³-hybridized carbons (Fsp3) is 0.526. The van der Waals surface area contributed by atoms with E-state index in [1.807, 2.05) is 51.8 Å². The zero-order valence-electron chi connectivity index (χ0n) is 15.7. The Kier molecular flexibility index (Phi) is 5.72. The normalized spacial score (nSPS) is 18.4. The second kappa shape index (κ2) is 7.44. The average Bonchev–Trinajstić information content (AvgIpc) is 3.20. The zero-order chi connectivity index (χ0) is 18.8. The lowest BCUT2D eigenvalue weighted by Crippen LogP contribution is -2.30. The van der Waals surface area contributed by atoms with E-state index in [2.05, 4.69) is 0 Å². The summed E-state index contributed by atoms with van der Waals surface area (Å²) < 4.78 is 19.5. The fourth-order valence-electron chi connectivity index (χ4n) is 2.80. The number of benzene rings is 1. The summed E-state index contributed by atoms with van der Waals surface area (Å²) in [4.78, 5) is 15.8. The van der Waals surface area contributed by atoms with Crippen molar-refractivity contribution >= 4 is 11.8 Å². The number of allylic oxidation sites excluding steroid dienone is 1. The number of anilines is 1. The molecule has 0 aliphatic carbocycles. The van der Waals surface area contributed by atoms with Crippen molar-refractivity contribution in [3.63, 3.8) is 0 Å². The van der Waals surface area contributed by atoms with Crippen LogP contribution >= 0.6 is 0 Å². The van der Waals surface area contributed by atoms with Gasteiger partial charge in [0.05, 0.1) is 6.04 Å². The van der Waals surface area contributed by atoms with Crippen LogP contribution in [0.25, 0.3) is 0 Å². The monoisotopic (exact) mass is 349 g/mol. The molecule has 1 aliphatic heterocycles. The third kappa shape index (κ3) is 4.72. The number of nitrogens with two attached hydrogens (primary N) is 1. The number of hydrogen-bond donors (Lipinski definition) is 1. The van der Waals surface area contributed by atoms with E-state index in [-0.39, 0.29) is 18.0 Å². The molecular formula is C19H28FN3O2. The fourth-order valence-corrected chi connectivity index (χ4v) is 2.80. The number of nitrogens with zero attached hydrogens (tertiary/aromatic N) is 2. The van der Waals surface area contributed by atoms with Crippen LogP contribution in [0.2, 0.25) is 0 Å². The van der Waals surface area contributed by atoms with Crippen LogP contribution in [0.5, 0.6) is 0 Å². The van der Waals surface area contributed by atoms with E-state index < -0.39 is 5.60 Å². The number of halogens is 1. The number of likely N-dealkylation sites (N-methyl/N-ethyl adjacent to an activating group) is 1. The molecular weight excluding hydrogens is 321 g/mol. The third-order valence-corrected chi connectivity index (χ3v) is 4.09. The molecule has 25 heavy (non-hydrogen) atoms. The van der Waals surface area contributed by atoms with Gasteiger partial charge in [0.1, 0.15) is 11.4 Å². The Hall–Kier alpha value is -2.08. The summed E-state index contributed by atoms with van der Waals surface area (Å²) in [6, 6.07) is 5.12. The van der Waals surface area contributed by atoms with E-state index in [0.717, 1.165) is 11.4 Å². The average molecular weight is 349 g/mol. The molecule has 1 aromatic carbocycles. The number of amides is 1. The van der Waals surface area contributed by atoms with Gasteiger partial charge in [-0.1, -0.05) is 12.1 Å². The van der Waals surface area contributed by atoms with E-state index in [1.165, 1.54) is 6.07 Å². The number of rotatable bonds is 5. The van der Waals surface area contributed by atoms with Crippen LogP contribution in [0.1, 0.15) is 33.3 Å². The highest BCUT2D eigenvalue weighted by atomic mass is 19.1. The summed E-state index contributed by atoms with van der Waals surface area (Å²) in [6.07, 6.45) is 2.09. The Bertz CT molecular complexity index is 667. The van der Waals surface area contributed by atoms with Crippen molar-refractivity contribution in [2.45, 2.75) is 45.8 Å². The highest BCUT2D eigenvalue weighted by Gasteiger charge is 2.47. The Labute approximate surface area is 149 Å². The molecule has 5 nitrogen and oxygen atoms in total. The maximum atomic E-state index is 14.1. The molecule has 1 aliphatic rings. The van der Waals surface area contributed by atoms with Gasteiger partial charge in [-0.2, -0.15) is 0 Å². The van der Waals surface area contributed by atoms with Crippen LogP contribution in [0.4, 0.5) is 14.9 Å². The summed E-state index contributed by atoms with van der Waals surface area (Å²) >= 11 is 0. The molecule has 1 aromatic rings. The Morgan fingerprint density at radius 3 is 2.64 bits per heavy atom. The molecule has 6 heteroatoms. The van der Waals surface area contributed by atoms with Crippen molar-refractivity contribution in [3.05, 3.63) is 41.4 Å². The minimum atomic E-state index is -0.531. The smallest absolute Gasteiger partial charge is 0.415 e. The van der Waals surface area contributed by atoms with Crippen molar-refractivity contribution in [3.8, 4) is 0 Å². The molecule has 1 heterocycles. The van der Waals surface area contributed by atoms with Crippen LogP contribution < -0.4 is 10.6 Å². The first-order chi connectivity index (χ1) is 11.7. The first-order valence-electron chi connectivity index (χ1n) is 8.56. The minimum absolute atomic E-state index is 0.0448. The molecule has 1 amide bonds. The van der Waals surface area contributed by atoms with Gasteiger partial charge in [0.15, 0.2) is 0 Å².